The van der Waals surface area contributed by atoms with Gasteiger partial charge in [0.1, 0.15) is 0 Å². The number of nitrogens with zero attached hydrogens (tertiary/aromatic N) is 4. The second kappa shape index (κ2) is 6.58. The van der Waals surface area contributed by atoms with E-state index in [2.05, 4.69) is 10.00 Å². The predicted octanol–water partition coefficient (Wildman–Crippen LogP) is 0.268. The lowest BCUT2D eigenvalue weighted by Gasteiger charge is -2.37. The molecule has 0 radical (unpaired) electrons. The largest absolute Gasteiger partial charge is 0.389 e. The lowest BCUT2D eigenvalue weighted by Crippen LogP contribution is -2.52. The van der Waals surface area contributed by atoms with Crippen LogP contribution in [0.15, 0.2) is 12.4 Å². The highest BCUT2D eigenvalue weighted by Crippen LogP contribution is 2.10. The van der Waals surface area contributed by atoms with Gasteiger partial charge in [0, 0.05) is 52.4 Å². The number of amides is 1. The van der Waals surface area contributed by atoms with Crippen molar-refractivity contribution in [2.45, 2.75) is 32.3 Å². The van der Waals surface area contributed by atoms with Crippen LogP contribution in [-0.4, -0.2) is 68.9 Å². The Labute approximate surface area is 126 Å². The first-order valence-electron chi connectivity index (χ1n) is 7.53. The molecule has 1 fully saturated rings. The van der Waals surface area contributed by atoms with Crippen LogP contribution in [0.4, 0.5) is 0 Å². The molecule has 6 nitrogen and oxygen atoms in total. The van der Waals surface area contributed by atoms with E-state index in [-0.39, 0.29) is 5.91 Å². The molecular weight excluding hydrogens is 268 g/mol. The molecule has 0 unspecified atom stereocenters. The van der Waals surface area contributed by atoms with Gasteiger partial charge >= 0.3 is 0 Å². The third kappa shape index (κ3) is 5.13. The molecule has 0 aromatic carbocycles. The van der Waals surface area contributed by atoms with E-state index in [1.165, 1.54) is 0 Å². The van der Waals surface area contributed by atoms with Gasteiger partial charge < -0.3 is 10.0 Å². The fraction of sp³-hybridized carbons (Fsp3) is 0.733. The molecule has 0 atom stereocenters. The third-order valence-electron chi connectivity index (χ3n) is 3.72. The number of rotatable bonds is 5. The Balaban J connectivity index is 1.73. The van der Waals surface area contributed by atoms with Gasteiger partial charge in [-0.3, -0.25) is 14.4 Å². The Bertz CT molecular complexity index is 470. The number of piperazine rings is 1. The van der Waals surface area contributed by atoms with Crippen LogP contribution in [0.2, 0.25) is 0 Å². The van der Waals surface area contributed by atoms with Crippen LogP contribution in [0.3, 0.4) is 0 Å². The maximum atomic E-state index is 12.2. The highest BCUT2D eigenvalue weighted by atomic mass is 16.3. The number of carbonyl (C=O) groups excluding carboxylic acids is 1. The van der Waals surface area contributed by atoms with Crippen LogP contribution in [0.1, 0.15) is 25.8 Å². The summed E-state index contributed by atoms with van der Waals surface area (Å²) >= 11 is 0. The van der Waals surface area contributed by atoms with Crippen LogP contribution >= 0.6 is 0 Å². The number of carbonyl (C=O) groups is 1. The monoisotopic (exact) mass is 294 g/mol. The highest BCUT2D eigenvalue weighted by molar-refractivity contribution is 5.76. The lowest BCUT2D eigenvalue weighted by molar-refractivity contribution is -0.133. The van der Waals surface area contributed by atoms with Crippen LogP contribution in [0.5, 0.6) is 0 Å². The maximum absolute atomic E-state index is 12.2. The number of aliphatic hydroxyl groups is 1. The average Bonchev–Trinajstić information content (AvgIpc) is 2.81. The normalized spacial score (nSPS) is 17.2. The topological polar surface area (TPSA) is 61.6 Å². The van der Waals surface area contributed by atoms with Gasteiger partial charge in [-0.2, -0.15) is 5.10 Å². The van der Waals surface area contributed by atoms with Crippen LogP contribution in [0.25, 0.3) is 0 Å². The molecular formula is C15H26N4O2. The Morgan fingerprint density at radius 1 is 1.33 bits per heavy atom. The number of β-amino-alcohol motifs (C(OH)–C–C–N with tert-alkyl or cyclic N) is 1. The number of aromatic nitrogens is 2. The molecule has 1 amide bonds. The minimum atomic E-state index is -0.674. The van der Waals surface area contributed by atoms with Crippen molar-refractivity contribution in [2.75, 3.05) is 32.7 Å². The average molecular weight is 294 g/mol. The minimum Gasteiger partial charge on any atom is -0.389 e. The first kappa shape index (κ1) is 16.0. The molecule has 2 rings (SSSR count). The summed E-state index contributed by atoms with van der Waals surface area (Å²) in [6.07, 6.45) is 5.05. The van der Waals surface area contributed by atoms with E-state index in [9.17, 15) is 9.90 Å². The maximum Gasteiger partial charge on any atom is 0.222 e. The van der Waals surface area contributed by atoms with Crippen LogP contribution in [0, 0.1) is 0 Å². The van der Waals surface area contributed by atoms with Crippen LogP contribution in [-0.2, 0) is 18.3 Å². The SMILES string of the molecule is Cn1cc(CCC(=O)N2CCN(CC(C)(C)O)CC2)cn1. The van der Waals surface area contributed by atoms with Gasteiger partial charge in [-0.1, -0.05) is 0 Å². The van der Waals surface area contributed by atoms with Crippen molar-refractivity contribution in [1.82, 2.24) is 19.6 Å². The minimum absolute atomic E-state index is 0.210. The summed E-state index contributed by atoms with van der Waals surface area (Å²) in [6, 6.07) is 0. The lowest BCUT2D eigenvalue weighted by atomic mass is 10.1. The summed E-state index contributed by atoms with van der Waals surface area (Å²) in [5, 5.41) is 13.9. The van der Waals surface area contributed by atoms with Gasteiger partial charge in [0.2, 0.25) is 5.91 Å². The van der Waals surface area contributed by atoms with Crippen molar-refractivity contribution in [2.24, 2.45) is 7.05 Å². The molecule has 1 saturated heterocycles. The first-order valence-corrected chi connectivity index (χ1v) is 7.53. The molecule has 0 saturated carbocycles. The van der Waals surface area contributed by atoms with Crippen molar-refractivity contribution in [3.05, 3.63) is 18.0 Å². The van der Waals surface area contributed by atoms with Crippen molar-refractivity contribution >= 4 is 5.91 Å². The molecule has 1 aliphatic rings. The van der Waals surface area contributed by atoms with Gasteiger partial charge in [0.25, 0.3) is 0 Å². The van der Waals surface area contributed by atoms with E-state index in [0.29, 0.717) is 13.0 Å². The van der Waals surface area contributed by atoms with Crippen molar-refractivity contribution in [3.8, 4) is 0 Å². The van der Waals surface area contributed by atoms with E-state index >= 15 is 0 Å². The molecule has 0 bridgehead atoms. The van der Waals surface area contributed by atoms with Gasteiger partial charge in [0.05, 0.1) is 11.8 Å². The molecule has 1 aliphatic heterocycles. The summed E-state index contributed by atoms with van der Waals surface area (Å²) in [5.74, 6) is 0.210. The Kier molecular flexibility index (Phi) is 5.00. The summed E-state index contributed by atoms with van der Waals surface area (Å²) in [7, 11) is 1.88. The number of hydrogen-bond acceptors (Lipinski definition) is 4. The quantitative estimate of drug-likeness (QED) is 0.847. The molecule has 1 aromatic rings. The number of hydrogen-bond donors (Lipinski definition) is 1. The molecule has 118 valence electrons. The van der Waals surface area contributed by atoms with Crippen molar-refractivity contribution in [1.29, 1.82) is 0 Å². The third-order valence-corrected chi connectivity index (χ3v) is 3.72. The van der Waals surface area contributed by atoms with Gasteiger partial charge in [0.15, 0.2) is 0 Å². The highest BCUT2D eigenvalue weighted by Gasteiger charge is 2.24. The summed E-state index contributed by atoms with van der Waals surface area (Å²) in [4.78, 5) is 16.3. The molecule has 1 N–H and O–H groups in total. The second-order valence-corrected chi connectivity index (χ2v) is 6.49. The van der Waals surface area contributed by atoms with E-state index in [1.807, 2.05) is 38.2 Å². The fourth-order valence-electron chi connectivity index (χ4n) is 2.71. The van der Waals surface area contributed by atoms with Gasteiger partial charge in [-0.05, 0) is 25.8 Å². The number of aryl methyl sites for hydroxylation is 2. The zero-order valence-electron chi connectivity index (χ0n) is 13.2. The van der Waals surface area contributed by atoms with Gasteiger partial charge in [-0.25, -0.2) is 0 Å². The molecule has 0 spiro atoms. The summed E-state index contributed by atoms with van der Waals surface area (Å²) in [5.41, 5.74) is 0.429. The Hall–Kier alpha value is -1.40. The summed E-state index contributed by atoms with van der Waals surface area (Å²) < 4.78 is 1.76. The fourth-order valence-corrected chi connectivity index (χ4v) is 2.71. The zero-order valence-corrected chi connectivity index (χ0v) is 13.2. The smallest absolute Gasteiger partial charge is 0.222 e. The molecule has 2 heterocycles. The van der Waals surface area contributed by atoms with Gasteiger partial charge in [-0.15, -0.1) is 0 Å². The Morgan fingerprint density at radius 3 is 2.52 bits per heavy atom. The van der Waals surface area contributed by atoms with E-state index in [0.717, 1.165) is 38.2 Å². The molecule has 0 aliphatic carbocycles. The molecule has 21 heavy (non-hydrogen) atoms. The van der Waals surface area contributed by atoms with Crippen molar-refractivity contribution < 1.29 is 9.90 Å². The van der Waals surface area contributed by atoms with E-state index in [4.69, 9.17) is 0 Å². The van der Waals surface area contributed by atoms with E-state index in [1.54, 1.807) is 4.68 Å². The Morgan fingerprint density at radius 2 is 2.00 bits per heavy atom. The first-order chi connectivity index (χ1) is 9.83. The molecule has 6 heteroatoms. The van der Waals surface area contributed by atoms with Crippen molar-refractivity contribution in [3.63, 3.8) is 0 Å². The zero-order chi connectivity index (χ0) is 15.5. The predicted molar refractivity (Wildman–Crippen MR) is 80.8 cm³/mol. The summed E-state index contributed by atoms with van der Waals surface area (Å²) in [6.45, 7) is 7.47. The standard InChI is InChI=1S/C15H26N4O2/c1-15(2,21)12-18-6-8-19(9-7-18)14(20)5-4-13-10-16-17(3)11-13/h10-11,21H,4-9,12H2,1-3H3. The molecule has 1 aromatic heterocycles. The van der Waals surface area contributed by atoms with E-state index < -0.39 is 5.60 Å². The van der Waals surface area contributed by atoms with Crippen LogP contribution < -0.4 is 0 Å². The second-order valence-electron chi connectivity index (χ2n) is 6.49.